The predicted octanol–water partition coefficient (Wildman–Crippen LogP) is 2.66. The number of aryl methyl sites for hydroxylation is 1. The van der Waals surface area contributed by atoms with Gasteiger partial charge in [-0.1, -0.05) is 48.5 Å². The lowest BCUT2D eigenvalue weighted by Gasteiger charge is -2.14. The number of hydrogen-bond donors (Lipinski definition) is 3. The van der Waals surface area contributed by atoms with E-state index in [1.807, 2.05) is 24.3 Å². The topological polar surface area (TPSA) is 123 Å². The number of fused-ring (bicyclic) bond motifs is 3. The summed E-state index contributed by atoms with van der Waals surface area (Å²) < 4.78 is 6.88. The van der Waals surface area contributed by atoms with Gasteiger partial charge in [0.1, 0.15) is 12.3 Å². The number of carbonyl (C=O) groups is 3. The van der Waals surface area contributed by atoms with E-state index in [-0.39, 0.29) is 37.7 Å². The van der Waals surface area contributed by atoms with Crippen molar-refractivity contribution in [1.82, 2.24) is 20.4 Å². The molecular formula is C24H24N4O5. The molecule has 9 heteroatoms. The van der Waals surface area contributed by atoms with Crippen LogP contribution in [0, 0.1) is 0 Å². The molecule has 0 fully saturated rings. The average molecular weight is 448 g/mol. The van der Waals surface area contributed by atoms with Crippen LogP contribution in [0.4, 0.5) is 4.79 Å². The second-order valence-corrected chi connectivity index (χ2v) is 7.72. The molecule has 2 amide bonds. The molecule has 0 saturated heterocycles. The van der Waals surface area contributed by atoms with Gasteiger partial charge in [-0.25, -0.2) is 4.79 Å². The normalized spacial score (nSPS) is 12.0. The first-order valence-electron chi connectivity index (χ1n) is 10.6. The Hall–Kier alpha value is -4.14. The minimum Gasteiger partial charge on any atom is -0.481 e. The highest BCUT2D eigenvalue weighted by Crippen LogP contribution is 2.44. The van der Waals surface area contributed by atoms with Gasteiger partial charge in [0.15, 0.2) is 0 Å². The number of nitrogens with one attached hydrogen (secondary N) is 2. The summed E-state index contributed by atoms with van der Waals surface area (Å²) in [5, 5.41) is 18.1. The van der Waals surface area contributed by atoms with Gasteiger partial charge in [-0.05, 0) is 28.3 Å². The van der Waals surface area contributed by atoms with Crippen LogP contribution in [0.15, 0.2) is 54.6 Å². The van der Waals surface area contributed by atoms with Gasteiger partial charge in [-0.3, -0.25) is 14.3 Å². The second-order valence-electron chi connectivity index (χ2n) is 7.72. The zero-order chi connectivity index (χ0) is 23.4. The third-order valence-corrected chi connectivity index (χ3v) is 5.54. The van der Waals surface area contributed by atoms with Crippen molar-refractivity contribution in [3.63, 3.8) is 0 Å². The maximum absolute atomic E-state index is 12.3. The number of benzene rings is 2. The van der Waals surface area contributed by atoms with E-state index in [1.54, 1.807) is 13.1 Å². The Morgan fingerprint density at radius 2 is 1.67 bits per heavy atom. The third-order valence-electron chi connectivity index (χ3n) is 5.54. The van der Waals surface area contributed by atoms with Crippen LogP contribution in [0.3, 0.4) is 0 Å². The van der Waals surface area contributed by atoms with Crippen LogP contribution >= 0.6 is 0 Å². The first-order valence-corrected chi connectivity index (χ1v) is 10.6. The molecule has 2 aromatic carbocycles. The van der Waals surface area contributed by atoms with Crippen molar-refractivity contribution in [2.24, 2.45) is 7.05 Å². The second kappa shape index (κ2) is 9.56. The Morgan fingerprint density at radius 1 is 1.03 bits per heavy atom. The summed E-state index contributed by atoms with van der Waals surface area (Å²) in [6, 6.07) is 17.8. The standard InChI is InChI=1S/C24H24N4O5/c1-28-21(23(31)25-11-10-22(29)30)12-15(27-28)13-26-24(32)33-14-20-18-8-4-2-6-16(18)17-7-3-5-9-19(17)20/h2-9,12,20H,10-11,13-14H2,1H3,(H,25,31)(H,26,32)(H,29,30). The largest absolute Gasteiger partial charge is 0.481 e. The van der Waals surface area contributed by atoms with Crippen LogP contribution in [0.2, 0.25) is 0 Å². The number of alkyl carbamates (subject to hydrolysis) is 1. The molecule has 0 unspecified atom stereocenters. The summed E-state index contributed by atoms with van der Waals surface area (Å²) in [6.45, 7) is 0.318. The smallest absolute Gasteiger partial charge is 0.407 e. The Bertz CT molecular complexity index is 1160. The lowest BCUT2D eigenvalue weighted by molar-refractivity contribution is -0.136. The maximum Gasteiger partial charge on any atom is 0.407 e. The van der Waals surface area contributed by atoms with Crippen LogP contribution in [0.25, 0.3) is 11.1 Å². The van der Waals surface area contributed by atoms with Crippen LogP contribution in [-0.4, -0.2) is 46.0 Å². The van der Waals surface area contributed by atoms with Crippen molar-refractivity contribution in [3.05, 3.63) is 77.1 Å². The number of nitrogens with zero attached hydrogens (tertiary/aromatic N) is 2. The van der Waals surface area contributed by atoms with Crippen molar-refractivity contribution < 1.29 is 24.2 Å². The van der Waals surface area contributed by atoms with E-state index in [2.05, 4.69) is 40.0 Å². The summed E-state index contributed by atoms with van der Waals surface area (Å²) >= 11 is 0. The van der Waals surface area contributed by atoms with Crippen molar-refractivity contribution in [2.45, 2.75) is 18.9 Å². The number of aliphatic carboxylic acids is 1. The lowest BCUT2D eigenvalue weighted by atomic mass is 9.98. The molecule has 4 rings (SSSR count). The SMILES string of the molecule is Cn1nc(CNC(=O)OCC2c3ccccc3-c3ccccc32)cc1C(=O)NCCC(=O)O. The first kappa shape index (κ1) is 22.1. The number of carboxylic acids is 1. The van der Waals surface area contributed by atoms with Crippen LogP contribution in [-0.2, 0) is 23.1 Å². The minimum atomic E-state index is -0.992. The fraction of sp³-hybridized carbons (Fsp3) is 0.250. The zero-order valence-corrected chi connectivity index (χ0v) is 18.1. The number of rotatable bonds is 8. The van der Waals surface area contributed by atoms with Gasteiger partial charge in [-0.15, -0.1) is 0 Å². The van der Waals surface area contributed by atoms with Gasteiger partial charge in [0.2, 0.25) is 0 Å². The highest BCUT2D eigenvalue weighted by atomic mass is 16.5. The molecule has 0 atom stereocenters. The number of carbonyl (C=O) groups excluding carboxylic acids is 2. The van der Waals surface area contributed by atoms with E-state index in [0.717, 1.165) is 22.3 Å². The molecule has 1 heterocycles. The highest BCUT2D eigenvalue weighted by Gasteiger charge is 2.29. The number of amides is 2. The van der Waals surface area contributed by atoms with E-state index in [4.69, 9.17) is 9.84 Å². The first-order chi connectivity index (χ1) is 15.9. The third kappa shape index (κ3) is 4.87. The molecular weight excluding hydrogens is 424 g/mol. The molecule has 3 aromatic rings. The van der Waals surface area contributed by atoms with Crippen LogP contribution in [0.5, 0.6) is 0 Å². The van der Waals surface area contributed by atoms with E-state index in [0.29, 0.717) is 5.69 Å². The minimum absolute atomic E-state index is 0.0205. The number of carboxylic acid groups (broad SMARTS) is 1. The fourth-order valence-corrected chi connectivity index (χ4v) is 4.01. The Kier molecular flexibility index (Phi) is 6.39. The summed E-state index contributed by atoms with van der Waals surface area (Å²) in [5.74, 6) is -1.45. The summed E-state index contributed by atoms with van der Waals surface area (Å²) in [7, 11) is 1.60. The maximum atomic E-state index is 12.3. The van der Waals surface area contributed by atoms with E-state index < -0.39 is 18.0 Å². The van der Waals surface area contributed by atoms with Gasteiger partial charge in [-0.2, -0.15) is 5.10 Å². The molecule has 0 bridgehead atoms. The molecule has 170 valence electrons. The van der Waals surface area contributed by atoms with Crippen LogP contribution < -0.4 is 10.6 Å². The van der Waals surface area contributed by atoms with E-state index in [1.165, 1.54) is 4.68 Å². The molecule has 0 saturated carbocycles. The van der Waals surface area contributed by atoms with Gasteiger partial charge in [0.05, 0.1) is 18.7 Å². The Morgan fingerprint density at radius 3 is 2.30 bits per heavy atom. The summed E-state index contributed by atoms with van der Waals surface area (Å²) in [6.07, 6.45) is -0.741. The highest BCUT2D eigenvalue weighted by molar-refractivity contribution is 5.92. The molecule has 1 aliphatic rings. The van der Waals surface area contributed by atoms with Gasteiger partial charge < -0.3 is 20.5 Å². The quantitative estimate of drug-likeness (QED) is 0.487. The van der Waals surface area contributed by atoms with Crippen LogP contribution in [0.1, 0.15) is 39.6 Å². The summed E-state index contributed by atoms with van der Waals surface area (Å²) in [4.78, 5) is 35.1. The molecule has 0 aliphatic heterocycles. The van der Waals surface area contributed by atoms with E-state index >= 15 is 0 Å². The van der Waals surface area contributed by atoms with Crippen molar-refractivity contribution in [2.75, 3.05) is 13.2 Å². The summed E-state index contributed by atoms with van der Waals surface area (Å²) in [5.41, 5.74) is 5.33. The number of aromatic nitrogens is 2. The number of hydrogen-bond acceptors (Lipinski definition) is 5. The molecule has 33 heavy (non-hydrogen) atoms. The zero-order valence-electron chi connectivity index (χ0n) is 18.1. The molecule has 0 radical (unpaired) electrons. The predicted molar refractivity (Wildman–Crippen MR) is 120 cm³/mol. The van der Waals surface area contributed by atoms with Crippen molar-refractivity contribution >= 4 is 18.0 Å². The Labute approximate surface area is 190 Å². The lowest BCUT2D eigenvalue weighted by Crippen LogP contribution is -2.27. The molecule has 1 aromatic heterocycles. The molecule has 9 nitrogen and oxygen atoms in total. The molecule has 0 spiro atoms. The van der Waals surface area contributed by atoms with Gasteiger partial charge in [0.25, 0.3) is 5.91 Å². The van der Waals surface area contributed by atoms with Gasteiger partial charge >= 0.3 is 12.1 Å². The molecule has 3 N–H and O–H groups in total. The number of ether oxygens (including phenoxy) is 1. The van der Waals surface area contributed by atoms with E-state index in [9.17, 15) is 14.4 Å². The fourth-order valence-electron chi connectivity index (χ4n) is 4.01. The monoisotopic (exact) mass is 448 g/mol. The molecule has 1 aliphatic carbocycles. The van der Waals surface area contributed by atoms with Gasteiger partial charge in [0, 0.05) is 19.5 Å². The van der Waals surface area contributed by atoms with Crippen molar-refractivity contribution in [1.29, 1.82) is 0 Å². The Balaban J connectivity index is 1.32. The average Bonchev–Trinajstić information content (AvgIpc) is 3.33. The van der Waals surface area contributed by atoms with Crippen molar-refractivity contribution in [3.8, 4) is 11.1 Å².